The molecule has 0 saturated carbocycles. The zero-order valence-electron chi connectivity index (χ0n) is 10.0. The van der Waals surface area contributed by atoms with Crippen molar-refractivity contribution in [1.29, 1.82) is 0 Å². The molecular weight excluding hydrogens is 242 g/mol. The second kappa shape index (κ2) is 5.96. The van der Waals surface area contributed by atoms with Crippen molar-refractivity contribution in [3.63, 3.8) is 0 Å². The zero-order valence-corrected chi connectivity index (χ0v) is 10.0. The number of aliphatic hydroxyl groups is 1. The van der Waals surface area contributed by atoms with Crippen LogP contribution in [0.2, 0.25) is 0 Å². The predicted octanol–water partition coefficient (Wildman–Crippen LogP) is -1.30. The molecule has 4 N–H and O–H groups in total. The number of aliphatic carboxylic acids is 1. The van der Waals surface area contributed by atoms with E-state index in [9.17, 15) is 9.59 Å². The van der Waals surface area contributed by atoms with Crippen molar-refractivity contribution < 1.29 is 19.8 Å². The van der Waals surface area contributed by atoms with Gasteiger partial charge in [-0.05, 0) is 6.92 Å². The Morgan fingerprint density at radius 3 is 2.67 bits per heavy atom. The highest BCUT2D eigenvalue weighted by atomic mass is 16.4. The van der Waals surface area contributed by atoms with Crippen molar-refractivity contribution in [2.45, 2.75) is 19.5 Å². The lowest BCUT2D eigenvalue weighted by Gasteiger charge is -2.19. The molecule has 1 heterocycles. The SMILES string of the molecule is Cc1nc(CN(C)C(=O)NC(CO)C(=O)O)n[nH]1. The van der Waals surface area contributed by atoms with Crippen LogP contribution in [-0.2, 0) is 11.3 Å². The summed E-state index contributed by atoms with van der Waals surface area (Å²) in [4.78, 5) is 27.5. The van der Waals surface area contributed by atoms with Gasteiger partial charge in [-0.15, -0.1) is 0 Å². The smallest absolute Gasteiger partial charge is 0.328 e. The molecule has 2 amide bonds. The number of aromatic nitrogens is 3. The van der Waals surface area contributed by atoms with Gasteiger partial charge in [-0.3, -0.25) is 5.10 Å². The molecule has 0 aliphatic rings. The molecule has 1 aromatic heterocycles. The van der Waals surface area contributed by atoms with Crippen LogP contribution in [0.1, 0.15) is 11.6 Å². The standard InChI is InChI=1S/C9H15N5O4/c1-5-10-7(13-12-5)3-14(2)9(18)11-6(4-15)8(16)17/h6,15H,3-4H2,1-2H3,(H,11,18)(H,16,17)(H,10,12,13). The number of hydrogen-bond donors (Lipinski definition) is 4. The van der Waals surface area contributed by atoms with Crippen molar-refractivity contribution in [1.82, 2.24) is 25.4 Å². The van der Waals surface area contributed by atoms with Crippen LogP contribution in [0.4, 0.5) is 4.79 Å². The lowest BCUT2D eigenvalue weighted by atomic mass is 10.3. The Morgan fingerprint density at radius 1 is 1.56 bits per heavy atom. The van der Waals surface area contributed by atoms with Crippen LogP contribution < -0.4 is 5.32 Å². The zero-order chi connectivity index (χ0) is 13.7. The molecule has 0 fully saturated rings. The number of amides is 2. The van der Waals surface area contributed by atoms with Gasteiger partial charge < -0.3 is 20.4 Å². The van der Waals surface area contributed by atoms with Crippen LogP contribution in [-0.4, -0.2) is 62.0 Å². The molecule has 9 nitrogen and oxygen atoms in total. The molecule has 1 atom stereocenters. The lowest BCUT2D eigenvalue weighted by molar-refractivity contribution is -0.140. The Hall–Kier alpha value is -2.16. The minimum Gasteiger partial charge on any atom is -0.480 e. The van der Waals surface area contributed by atoms with E-state index in [1.807, 2.05) is 0 Å². The summed E-state index contributed by atoms with van der Waals surface area (Å²) in [7, 11) is 1.47. The summed E-state index contributed by atoms with van der Waals surface area (Å²) >= 11 is 0. The summed E-state index contributed by atoms with van der Waals surface area (Å²) in [6, 6.07) is -1.95. The number of urea groups is 1. The van der Waals surface area contributed by atoms with E-state index in [0.717, 1.165) is 0 Å². The van der Waals surface area contributed by atoms with E-state index >= 15 is 0 Å². The van der Waals surface area contributed by atoms with Gasteiger partial charge in [0.2, 0.25) is 0 Å². The van der Waals surface area contributed by atoms with Crippen molar-refractivity contribution in [2.24, 2.45) is 0 Å². The number of rotatable bonds is 5. The maximum atomic E-state index is 11.6. The van der Waals surface area contributed by atoms with Gasteiger partial charge in [0.25, 0.3) is 0 Å². The molecule has 18 heavy (non-hydrogen) atoms. The van der Waals surface area contributed by atoms with E-state index < -0.39 is 24.6 Å². The number of hydrogen-bond acceptors (Lipinski definition) is 5. The number of nitrogens with zero attached hydrogens (tertiary/aromatic N) is 3. The summed E-state index contributed by atoms with van der Waals surface area (Å²) in [5, 5.41) is 26.1. The molecule has 0 spiro atoms. The van der Waals surface area contributed by atoms with Crippen molar-refractivity contribution in [3.8, 4) is 0 Å². The number of aryl methyl sites for hydroxylation is 1. The molecule has 0 aliphatic heterocycles. The first-order chi connectivity index (χ1) is 8.43. The number of carboxylic acid groups (broad SMARTS) is 1. The van der Waals surface area contributed by atoms with Crippen LogP contribution in [0.5, 0.6) is 0 Å². The highest BCUT2D eigenvalue weighted by Gasteiger charge is 2.21. The fourth-order valence-corrected chi connectivity index (χ4v) is 1.19. The molecular formula is C9H15N5O4. The molecule has 1 rings (SSSR count). The summed E-state index contributed by atoms with van der Waals surface area (Å²) in [6.07, 6.45) is 0. The summed E-state index contributed by atoms with van der Waals surface area (Å²) in [6.45, 7) is 1.19. The van der Waals surface area contributed by atoms with E-state index in [0.29, 0.717) is 11.6 Å². The topological polar surface area (TPSA) is 131 Å². The van der Waals surface area contributed by atoms with E-state index in [2.05, 4.69) is 20.5 Å². The molecule has 0 aliphatic carbocycles. The van der Waals surface area contributed by atoms with E-state index in [-0.39, 0.29) is 6.54 Å². The van der Waals surface area contributed by atoms with Crippen molar-refractivity contribution in [2.75, 3.05) is 13.7 Å². The number of carbonyl (C=O) groups excluding carboxylic acids is 1. The van der Waals surface area contributed by atoms with Crippen molar-refractivity contribution in [3.05, 3.63) is 11.6 Å². The summed E-state index contributed by atoms with van der Waals surface area (Å²) in [5.41, 5.74) is 0. The van der Waals surface area contributed by atoms with Crippen LogP contribution >= 0.6 is 0 Å². The van der Waals surface area contributed by atoms with E-state index in [4.69, 9.17) is 10.2 Å². The fourth-order valence-electron chi connectivity index (χ4n) is 1.19. The number of aromatic amines is 1. The van der Waals surface area contributed by atoms with Gasteiger partial charge in [-0.1, -0.05) is 0 Å². The summed E-state index contributed by atoms with van der Waals surface area (Å²) < 4.78 is 0. The van der Waals surface area contributed by atoms with Crippen LogP contribution in [0.15, 0.2) is 0 Å². The summed E-state index contributed by atoms with van der Waals surface area (Å²) in [5.74, 6) is -0.258. The van der Waals surface area contributed by atoms with Gasteiger partial charge in [-0.25, -0.2) is 14.6 Å². The number of carboxylic acids is 1. The van der Waals surface area contributed by atoms with Crippen LogP contribution in [0.25, 0.3) is 0 Å². The number of carbonyl (C=O) groups is 2. The molecule has 9 heteroatoms. The van der Waals surface area contributed by atoms with Gasteiger partial charge in [0, 0.05) is 7.05 Å². The quantitative estimate of drug-likeness (QED) is 0.518. The van der Waals surface area contributed by atoms with E-state index in [1.165, 1.54) is 11.9 Å². The highest BCUT2D eigenvalue weighted by Crippen LogP contribution is 1.97. The Morgan fingerprint density at radius 2 is 2.22 bits per heavy atom. The Kier molecular flexibility index (Phi) is 4.60. The fraction of sp³-hybridized carbons (Fsp3) is 0.556. The van der Waals surface area contributed by atoms with Crippen LogP contribution in [0.3, 0.4) is 0 Å². The molecule has 100 valence electrons. The lowest BCUT2D eigenvalue weighted by Crippen LogP contribution is -2.48. The molecule has 1 unspecified atom stereocenters. The maximum absolute atomic E-state index is 11.6. The molecule has 0 bridgehead atoms. The first-order valence-corrected chi connectivity index (χ1v) is 5.17. The number of H-pyrrole nitrogens is 1. The first-order valence-electron chi connectivity index (χ1n) is 5.17. The normalized spacial score (nSPS) is 11.9. The molecule has 0 saturated heterocycles. The van der Waals surface area contributed by atoms with Gasteiger partial charge >= 0.3 is 12.0 Å². The van der Waals surface area contributed by atoms with Gasteiger partial charge in [0.1, 0.15) is 5.82 Å². The average molecular weight is 257 g/mol. The Bertz CT molecular complexity index is 432. The largest absolute Gasteiger partial charge is 0.480 e. The van der Waals surface area contributed by atoms with Crippen molar-refractivity contribution >= 4 is 12.0 Å². The Balaban J connectivity index is 2.53. The monoisotopic (exact) mass is 257 g/mol. The Labute approximate surface area is 103 Å². The maximum Gasteiger partial charge on any atom is 0.328 e. The number of nitrogens with one attached hydrogen (secondary N) is 2. The second-order valence-electron chi connectivity index (χ2n) is 3.72. The molecule has 1 aromatic rings. The van der Waals surface area contributed by atoms with E-state index in [1.54, 1.807) is 6.92 Å². The average Bonchev–Trinajstić information content (AvgIpc) is 2.70. The third-order valence-electron chi connectivity index (χ3n) is 2.15. The second-order valence-corrected chi connectivity index (χ2v) is 3.72. The highest BCUT2D eigenvalue weighted by molar-refractivity contribution is 5.82. The van der Waals surface area contributed by atoms with Gasteiger partial charge in [0.15, 0.2) is 11.9 Å². The minimum atomic E-state index is -1.33. The number of aliphatic hydroxyl groups excluding tert-OH is 1. The first kappa shape index (κ1) is 13.9. The third kappa shape index (κ3) is 3.70. The third-order valence-corrected chi connectivity index (χ3v) is 2.15. The minimum absolute atomic E-state index is 0.133. The van der Waals surface area contributed by atoms with Gasteiger partial charge in [-0.2, -0.15) is 5.10 Å². The van der Waals surface area contributed by atoms with Gasteiger partial charge in [0.05, 0.1) is 13.2 Å². The predicted molar refractivity (Wildman–Crippen MR) is 59.6 cm³/mol. The molecule has 0 aromatic carbocycles. The molecule has 0 radical (unpaired) electrons. The van der Waals surface area contributed by atoms with Crippen LogP contribution in [0, 0.1) is 6.92 Å².